The van der Waals surface area contributed by atoms with Gasteiger partial charge in [-0.05, 0) is 72.8 Å². The van der Waals surface area contributed by atoms with Crippen molar-refractivity contribution in [3.05, 3.63) is 214 Å². The van der Waals surface area contributed by atoms with Gasteiger partial charge in [-0.3, -0.25) is 29.9 Å². The molecule has 54 heavy (non-hydrogen) atoms. The SMILES string of the molecule is C(#Cc1c(C#Cc2cccnc2)c(C#Cc2cccnc2)c(C#Cc2cccnc2)c(C#Cc2cccnc2)c1C#Cc1cccnc1)c1cccnc1. The summed E-state index contributed by atoms with van der Waals surface area (Å²) in [5.41, 5.74) is 7.45. The number of benzene rings is 1. The minimum absolute atomic E-state index is 0.532. The Balaban J connectivity index is 1.65. The van der Waals surface area contributed by atoms with Crippen LogP contribution in [0.3, 0.4) is 0 Å². The van der Waals surface area contributed by atoms with Gasteiger partial charge in [0.05, 0.1) is 33.4 Å². The zero-order valence-corrected chi connectivity index (χ0v) is 28.5. The Hall–Kier alpha value is -8.52. The van der Waals surface area contributed by atoms with Crippen LogP contribution in [-0.2, 0) is 0 Å². The van der Waals surface area contributed by atoms with Gasteiger partial charge >= 0.3 is 0 Å². The molecule has 6 nitrogen and oxygen atoms in total. The molecule has 0 bridgehead atoms. The molecule has 6 heteroatoms. The molecule has 1 aromatic carbocycles. The van der Waals surface area contributed by atoms with E-state index in [0.29, 0.717) is 66.8 Å². The monoisotopic (exact) mass is 684 g/mol. The fourth-order valence-electron chi connectivity index (χ4n) is 4.93. The van der Waals surface area contributed by atoms with Crippen LogP contribution in [0.1, 0.15) is 66.8 Å². The molecule has 0 radical (unpaired) electrons. The summed E-state index contributed by atoms with van der Waals surface area (Å²) in [5.74, 6) is 40.1. The molecule has 0 aliphatic heterocycles. The maximum atomic E-state index is 4.27. The molecular formula is C48H24N6. The average molecular weight is 685 g/mol. The van der Waals surface area contributed by atoms with Crippen molar-refractivity contribution in [2.45, 2.75) is 0 Å². The van der Waals surface area contributed by atoms with Gasteiger partial charge in [-0.2, -0.15) is 0 Å². The molecular weight excluding hydrogens is 661 g/mol. The van der Waals surface area contributed by atoms with Crippen molar-refractivity contribution < 1.29 is 0 Å². The first kappa shape index (κ1) is 34.0. The smallest absolute Gasteiger partial charge is 0.0588 e. The Kier molecular flexibility index (Phi) is 11.0. The molecule has 7 rings (SSSR count). The fraction of sp³-hybridized carbons (Fsp3) is 0. The number of hydrogen-bond acceptors (Lipinski definition) is 6. The summed E-state index contributed by atoms with van der Waals surface area (Å²) in [6.07, 6.45) is 20.4. The predicted molar refractivity (Wildman–Crippen MR) is 208 cm³/mol. The zero-order chi connectivity index (χ0) is 36.6. The van der Waals surface area contributed by atoms with Gasteiger partial charge in [0.25, 0.3) is 0 Å². The van der Waals surface area contributed by atoms with Gasteiger partial charge in [-0.1, -0.05) is 71.0 Å². The Morgan fingerprint density at radius 2 is 0.389 bits per heavy atom. The normalized spacial score (nSPS) is 9.33. The van der Waals surface area contributed by atoms with Crippen LogP contribution in [0.15, 0.2) is 147 Å². The van der Waals surface area contributed by atoms with Crippen LogP contribution < -0.4 is 0 Å². The van der Waals surface area contributed by atoms with Crippen LogP contribution in [0.5, 0.6) is 0 Å². The summed E-state index contributed by atoms with van der Waals surface area (Å²) < 4.78 is 0. The standard InChI is InChI=1S/C48H24N6/c1-7-37(31-49-25-1)13-19-43-44(20-14-38-8-2-26-50-32-38)46(22-16-40-10-4-28-52-34-40)48(24-18-42-12-6-30-54-36-42)47(23-17-41-11-5-29-53-35-41)45(43)21-15-39-9-3-27-51-33-39/h1-12,25-36H. The highest BCUT2D eigenvalue weighted by Crippen LogP contribution is 2.28. The van der Waals surface area contributed by atoms with Crippen molar-refractivity contribution in [3.63, 3.8) is 0 Å². The molecule has 0 N–H and O–H groups in total. The number of rotatable bonds is 0. The first-order valence-corrected chi connectivity index (χ1v) is 16.6. The molecule has 0 fully saturated rings. The van der Waals surface area contributed by atoms with Gasteiger partial charge in [-0.25, -0.2) is 0 Å². The molecule has 0 amide bonds. The lowest BCUT2D eigenvalue weighted by atomic mass is 9.86. The Labute approximate surface area is 313 Å². The number of pyridine rings is 6. The molecule has 0 saturated carbocycles. The topological polar surface area (TPSA) is 77.3 Å². The lowest BCUT2D eigenvalue weighted by Gasteiger charge is -2.12. The molecule has 0 saturated heterocycles. The van der Waals surface area contributed by atoms with Crippen molar-refractivity contribution in [2.24, 2.45) is 0 Å². The summed E-state index contributed by atoms with van der Waals surface area (Å²) >= 11 is 0. The third-order valence-electron chi connectivity index (χ3n) is 7.46. The minimum Gasteiger partial charge on any atom is -0.263 e. The van der Waals surface area contributed by atoms with Gasteiger partial charge in [0, 0.05) is 108 Å². The van der Waals surface area contributed by atoms with E-state index >= 15 is 0 Å². The van der Waals surface area contributed by atoms with E-state index in [2.05, 4.69) is 101 Å². The Morgan fingerprint density at radius 1 is 0.222 bits per heavy atom. The first-order chi connectivity index (χ1) is 26.8. The van der Waals surface area contributed by atoms with E-state index in [9.17, 15) is 0 Å². The van der Waals surface area contributed by atoms with E-state index in [1.807, 2.05) is 72.8 Å². The summed E-state index contributed by atoms with van der Waals surface area (Å²) in [5, 5.41) is 0. The molecule has 7 aromatic rings. The first-order valence-electron chi connectivity index (χ1n) is 16.6. The highest BCUT2D eigenvalue weighted by molar-refractivity contribution is 5.78. The Bertz CT molecular complexity index is 2270. The predicted octanol–water partition coefficient (Wildman–Crippen LogP) is 6.46. The second kappa shape index (κ2) is 17.4. The van der Waals surface area contributed by atoms with E-state index in [1.54, 1.807) is 74.4 Å². The summed E-state index contributed by atoms with van der Waals surface area (Å²) in [4.78, 5) is 25.6. The van der Waals surface area contributed by atoms with Gasteiger partial charge in [0.1, 0.15) is 0 Å². The minimum atomic E-state index is 0.532. The van der Waals surface area contributed by atoms with E-state index in [-0.39, 0.29) is 0 Å². The van der Waals surface area contributed by atoms with E-state index < -0.39 is 0 Å². The van der Waals surface area contributed by atoms with E-state index in [0.717, 1.165) is 0 Å². The van der Waals surface area contributed by atoms with Gasteiger partial charge in [0.15, 0.2) is 0 Å². The van der Waals surface area contributed by atoms with Crippen molar-refractivity contribution >= 4 is 0 Å². The molecule has 0 aliphatic carbocycles. The summed E-state index contributed by atoms with van der Waals surface area (Å²) in [6.45, 7) is 0. The van der Waals surface area contributed by atoms with Crippen molar-refractivity contribution in [2.75, 3.05) is 0 Å². The summed E-state index contributed by atoms with van der Waals surface area (Å²) in [6, 6.07) is 22.4. The molecule has 0 atom stereocenters. The van der Waals surface area contributed by atoms with E-state index in [4.69, 9.17) is 0 Å². The van der Waals surface area contributed by atoms with Gasteiger partial charge in [-0.15, -0.1) is 0 Å². The average Bonchev–Trinajstić information content (AvgIpc) is 3.24. The number of aromatic nitrogens is 6. The fourth-order valence-corrected chi connectivity index (χ4v) is 4.93. The third kappa shape index (κ3) is 8.98. The Morgan fingerprint density at radius 3 is 0.519 bits per heavy atom. The lowest BCUT2D eigenvalue weighted by molar-refractivity contribution is 1.31. The van der Waals surface area contributed by atoms with Crippen molar-refractivity contribution in [1.29, 1.82) is 0 Å². The van der Waals surface area contributed by atoms with Crippen LogP contribution in [-0.4, -0.2) is 29.9 Å². The van der Waals surface area contributed by atoms with Crippen LogP contribution in [0.4, 0.5) is 0 Å². The van der Waals surface area contributed by atoms with E-state index in [1.165, 1.54) is 0 Å². The van der Waals surface area contributed by atoms with Crippen molar-refractivity contribution in [3.8, 4) is 71.0 Å². The van der Waals surface area contributed by atoms with Crippen molar-refractivity contribution in [1.82, 2.24) is 29.9 Å². The highest BCUT2D eigenvalue weighted by atomic mass is 14.6. The summed E-state index contributed by atoms with van der Waals surface area (Å²) in [7, 11) is 0. The van der Waals surface area contributed by atoms with Crippen LogP contribution in [0.25, 0.3) is 0 Å². The number of nitrogens with zero attached hydrogens (tertiary/aromatic N) is 6. The number of hydrogen-bond donors (Lipinski definition) is 0. The van der Waals surface area contributed by atoms with Crippen LogP contribution >= 0.6 is 0 Å². The third-order valence-corrected chi connectivity index (χ3v) is 7.46. The maximum absolute atomic E-state index is 4.27. The van der Waals surface area contributed by atoms with Crippen LogP contribution in [0.2, 0.25) is 0 Å². The zero-order valence-electron chi connectivity index (χ0n) is 28.5. The molecule has 0 aliphatic rings. The highest BCUT2D eigenvalue weighted by Gasteiger charge is 2.20. The molecule has 6 heterocycles. The second-order valence-corrected chi connectivity index (χ2v) is 11.2. The molecule has 0 unspecified atom stereocenters. The quantitative estimate of drug-likeness (QED) is 0.171. The maximum Gasteiger partial charge on any atom is 0.0588 e. The van der Waals surface area contributed by atoms with Gasteiger partial charge in [0.2, 0.25) is 0 Å². The molecule has 246 valence electrons. The lowest BCUT2D eigenvalue weighted by Crippen LogP contribution is -2.05. The largest absolute Gasteiger partial charge is 0.263 e. The second-order valence-electron chi connectivity index (χ2n) is 11.2. The van der Waals surface area contributed by atoms with Gasteiger partial charge < -0.3 is 0 Å². The van der Waals surface area contributed by atoms with Crippen LogP contribution in [0, 0.1) is 71.0 Å². The molecule has 6 aromatic heterocycles. The molecule has 0 spiro atoms.